The first kappa shape index (κ1) is 13.8. The molecular weight excluding hydrogens is 234 g/mol. The summed E-state index contributed by atoms with van der Waals surface area (Å²) in [6.45, 7) is 7.43. The summed E-state index contributed by atoms with van der Waals surface area (Å²) in [6, 6.07) is 10.9. The van der Waals surface area contributed by atoms with Crippen molar-refractivity contribution in [3.8, 4) is 0 Å². The zero-order chi connectivity index (χ0) is 13.8. The first-order valence-corrected chi connectivity index (χ1v) is 6.88. The highest BCUT2D eigenvalue weighted by Crippen LogP contribution is 2.18. The fraction of sp³-hybridized carbons (Fsp3) is 0.438. The standard InChI is InChI=1S/C16H23N3/c1-12(2)16-15(11-19(4)18-16)10-17-13(3)14-8-6-5-7-9-14/h5-9,11-13,17H,10H2,1-4H3. The third-order valence-electron chi connectivity index (χ3n) is 3.38. The largest absolute Gasteiger partial charge is 0.306 e. The van der Waals surface area contributed by atoms with Crippen LogP contribution in [0.2, 0.25) is 0 Å². The van der Waals surface area contributed by atoms with Crippen LogP contribution in [0.3, 0.4) is 0 Å². The summed E-state index contributed by atoms with van der Waals surface area (Å²) >= 11 is 0. The first-order chi connectivity index (χ1) is 9.08. The van der Waals surface area contributed by atoms with Gasteiger partial charge in [-0.25, -0.2) is 0 Å². The average Bonchev–Trinajstić information content (AvgIpc) is 2.78. The summed E-state index contributed by atoms with van der Waals surface area (Å²) in [7, 11) is 1.98. The molecule has 1 aromatic heterocycles. The minimum atomic E-state index is 0.349. The lowest BCUT2D eigenvalue weighted by Gasteiger charge is -2.14. The molecule has 0 fully saturated rings. The van der Waals surface area contributed by atoms with E-state index in [4.69, 9.17) is 0 Å². The van der Waals surface area contributed by atoms with Crippen molar-refractivity contribution in [3.05, 3.63) is 53.3 Å². The van der Waals surface area contributed by atoms with Gasteiger partial charge in [0.05, 0.1) is 5.69 Å². The van der Waals surface area contributed by atoms with Crippen molar-refractivity contribution in [1.82, 2.24) is 15.1 Å². The van der Waals surface area contributed by atoms with Crippen LogP contribution in [0.1, 0.15) is 49.6 Å². The van der Waals surface area contributed by atoms with E-state index in [2.05, 4.69) is 61.6 Å². The minimum Gasteiger partial charge on any atom is -0.306 e. The summed E-state index contributed by atoms with van der Waals surface area (Å²) in [6.07, 6.45) is 2.11. The maximum atomic E-state index is 4.54. The van der Waals surface area contributed by atoms with E-state index in [1.807, 2.05) is 17.8 Å². The van der Waals surface area contributed by atoms with Crippen LogP contribution in [0.25, 0.3) is 0 Å². The Morgan fingerprint density at radius 3 is 2.47 bits per heavy atom. The third kappa shape index (κ3) is 3.44. The molecule has 2 rings (SSSR count). The number of nitrogens with zero attached hydrogens (tertiary/aromatic N) is 2. The van der Waals surface area contributed by atoms with Crippen molar-refractivity contribution in [2.24, 2.45) is 7.05 Å². The Labute approximate surface area is 115 Å². The number of nitrogens with one attached hydrogen (secondary N) is 1. The number of benzene rings is 1. The van der Waals surface area contributed by atoms with Gasteiger partial charge in [0, 0.05) is 31.4 Å². The van der Waals surface area contributed by atoms with Crippen molar-refractivity contribution in [3.63, 3.8) is 0 Å². The minimum absolute atomic E-state index is 0.349. The summed E-state index contributed by atoms with van der Waals surface area (Å²) in [4.78, 5) is 0. The van der Waals surface area contributed by atoms with Gasteiger partial charge in [-0.1, -0.05) is 44.2 Å². The topological polar surface area (TPSA) is 29.9 Å². The van der Waals surface area contributed by atoms with E-state index in [1.165, 1.54) is 16.8 Å². The van der Waals surface area contributed by atoms with Crippen LogP contribution >= 0.6 is 0 Å². The molecular formula is C16H23N3. The van der Waals surface area contributed by atoms with Crippen molar-refractivity contribution in [1.29, 1.82) is 0 Å². The zero-order valence-corrected chi connectivity index (χ0v) is 12.2. The van der Waals surface area contributed by atoms with Gasteiger partial charge in [0.2, 0.25) is 0 Å². The molecule has 0 aliphatic carbocycles. The van der Waals surface area contributed by atoms with Gasteiger partial charge in [-0.3, -0.25) is 4.68 Å². The van der Waals surface area contributed by atoms with Crippen molar-refractivity contribution >= 4 is 0 Å². The fourth-order valence-electron chi connectivity index (χ4n) is 2.30. The second-order valence-electron chi connectivity index (χ2n) is 5.38. The van der Waals surface area contributed by atoms with Crippen LogP contribution in [-0.4, -0.2) is 9.78 Å². The number of rotatable bonds is 5. The average molecular weight is 257 g/mol. The lowest BCUT2D eigenvalue weighted by Crippen LogP contribution is -2.18. The Kier molecular flexibility index (Phi) is 4.38. The Bertz CT molecular complexity index is 514. The molecule has 1 aromatic carbocycles. The summed E-state index contributed by atoms with van der Waals surface area (Å²) in [5, 5.41) is 8.11. The lowest BCUT2D eigenvalue weighted by atomic mass is 10.1. The second-order valence-corrected chi connectivity index (χ2v) is 5.38. The van der Waals surface area contributed by atoms with Crippen LogP contribution in [0, 0.1) is 0 Å². The monoisotopic (exact) mass is 257 g/mol. The molecule has 102 valence electrons. The van der Waals surface area contributed by atoms with Crippen LogP contribution in [0.5, 0.6) is 0 Å². The van der Waals surface area contributed by atoms with Gasteiger partial charge in [-0.05, 0) is 18.4 Å². The third-order valence-corrected chi connectivity index (χ3v) is 3.38. The molecule has 0 spiro atoms. The Hall–Kier alpha value is -1.61. The molecule has 1 atom stereocenters. The van der Waals surface area contributed by atoms with Crippen LogP contribution in [0.4, 0.5) is 0 Å². The van der Waals surface area contributed by atoms with E-state index < -0.39 is 0 Å². The van der Waals surface area contributed by atoms with Gasteiger partial charge in [-0.2, -0.15) is 5.10 Å². The van der Waals surface area contributed by atoms with E-state index in [1.54, 1.807) is 0 Å². The first-order valence-electron chi connectivity index (χ1n) is 6.88. The molecule has 3 nitrogen and oxygen atoms in total. The number of aromatic nitrogens is 2. The Balaban J connectivity index is 2.03. The van der Waals surface area contributed by atoms with Crippen molar-refractivity contribution in [2.75, 3.05) is 0 Å². The van der Waals surface area contributed by atoms with E-state index in [0.29, 0.717) is 12.0 Å². The maximum Gasteiger partial charge on any atom is 0.0694 e. The van der Waals surface area contributed by atoms with Crippen LogP contribution in [0.15, 0.2) is 36.5 Å². The molecule has 0 radical (unpaired) electrons. The Morgan fingerprint density at radius 1 is 1.16 bits per heavy atom. The quantitative estimate of drug-likeness (QED) is 0.889. The van der Waals surface area contributed by atoms with Gasteiger partial charge in [0.25, 0.3) is 0 Å². The van der Waals surface area contributed by atoms with Crippen LogP contribution < -0.4 is 5.32 Å². The van der Waals surface area contributed by atoms with Crippen molar-refractivity contribution < 1.29 is 0 Å². The number of aryl methyl sites for hydroxylation is 1. The molecule has 3 heteroatoms. The van der Waals surface area contributed by atoms with Gasteiger partial charge in [0.1, 0.15) is 0 Å². The van der Waals surface area contributed by atoms with E-state index in [-0.39, 0.29) is 0 Å². The molecule has 0 saturated carbocycles. The molecule has 0 aliphatic rings. The summed E-state index contributed by atoms with van der Waals surface area (Å²) in [5.74, 6) is 0.463. The van der Waals surface area contributed by atoms with E-state index >= 15 is 0 Å². The molecule has 0 amide bonds. The summed E-state index contributed by atoms with van der Waals surface area (Å²) < 4.78 is 1.90. The highest BCUT2D eigenvalue weighted by atomic mass is 15.3. The summed E-state index contributed by atoms with van der Waals surface area (Å²) in [5.41, 5.74) is 3.80. The lowest BCUT2D eigenvalue weighted by molar-refractivity contribution is 0.570. The number of hydrogen-bond donors (Lipinski definition) is 1. The normalized spacial score (nSPS) is 12.9. The molecule has 1 N–H and O–H groups in total. The SMILES string of the molecule is CC(C)c1nn(C)cc1CNC(C)c1ccccc1. The van der Waals surface area contributed by atoms with E-state index in [9.17, 15) is 0 Å². The molecule has 0 aliphatic heterocycles. The number of hydrogen-bond acceptors (Lipinski definition) is 2. The fourth-order valence-corrected chi connectivity index (χ4v) is 2.30. The Morgan fingerprint density at radius 2 is 1.84 bits per heavy atom. The van der Waals surface area contributed by atoms with Gasteiger partial charge in [0.15, 0.2) is 0 Å². The smallest absolute Gasteiger partial charge is 0.0694 e. The molecule has 0 saturated heterocycles. The van der Waals surface area contributed by atoms with Crippen LogP contribution in [-0.2, 0) is 13.6 Å². The predicted octanol–water partition coefficient (Wildman–Crippen LogP) is 3.39. The predicted molar refractivity (Wildman–Crippen MR) is 79.0 cm³/mol. The second kappa shape index (κ2) is 6.02. The molecule has 19 heavy (non-hydrogen) atoms. The molecule has 2 aromatic rings. The molecule has 0 bridgehead atoms. The highest BCUT2D eigenvalue weighted by Gasteiger charge is 2.12. The maximum absolute atomic E-state index is 4.54. The molecule has 1 unspecified atom stereocenters. The highest BCUT2D eigenvalue weighted by molar-refractivity contribution is 5.22. The van der Waals surface area contributed by atoms with E-state index in [0.717, 1.165) is 6.54 Å². The van der Waals surface area contributed by atoms with Crippen molar-refractivity contribution in [2.45, 2.75) is 39.3 Å². The zero-order valence-electron chi connectivity index (χ0n) is 12.2. The molecule has 1 heterocycles. The van der Waals surface area contributed by atoms with Gasteiger partial charge >= 0.3 is 0 Å². The van der Waals surface area contributed by atoms with Gasteiger partial charge < -0.3 is 5.32 Å². The van der Waals surface area contributed by atoms with Gasteiger partial charge in [-0.15, -0.1) is 0 Å².